The van der Waals surface area contributed by atoms with Gasteiger partial charge in [-0.2, -0.15) is 0 Å². The van der Waals surface area contributed by atoms with Gasteiger partial charge in [0.15, 0.2) is 11.6 Å². The Balaban J connectivity index is 1.43. The average Bonchev–Trinajstić information content (AvgIpc) is 3.08. The zero-order valence-electron chi connectivity index (χ0n) is 13.6. The lowest BCUT2D eigenvalue weighted by Gasteiger charge is -2.39. The zero-order valence-corrected chi connectivity index (χ0v) is 13.6. The number of urea groups is 1. The number of fused-ring (bicyclic) bond motifs is 1. The highest BCUT2D eigenvalue weighted by Gasteiger charge is 2.43. The van der Waals surface area contributed by atoms with E-state index in [1.807, 2.05) is 0 Å². The van der Waals surface area contributed by atoms with E-state index in [4.69, 9.17) is 5.73 Å². The van der Waals surface area contributed by atoms with E-state index in [1.54, 1.807) is 0 Å². The Kier molecular flexibility index (Phi) is 4.11. The molecule has 2 unspecified atom stereocenters. The quantitative estimate of drug-likeness (QED) is 0.704. The normalized spacial score (nSPS) is 35.4. The fourth-order valence-electron chi connectivity index (χ4n) is 4.53. The molecule has 4 rings (SSSR count). The Morgan fingerprint density at radius 2 is 1.64 bits per heavy atom. The van der Waals surface area contributed by atoms with E-state index < -0.39 is 17.5 Å². The predicted octanol–water partition coefficient (Wildman–Crippen LogP) is 1.43. The van der Waals surface area contributed by atoms with Crippen LogP contribution in [0, 0.1) is 17.5 Å². The van der Waals surface area contributed by atoms with Crippen molar-refractivity contribution in [1.82, 2.24) is 15.5 Å². The Labute approximate surface area is 143 Å². The third-order valence-electron chi connectivity index (χ3n) is 5.81. The molecule has 0 bridgehead atoms. The van der Waals surface area contributed by atoms with Gasteiger partial charge in [-0.25, -0.2) is 18.0 Å². The van der Waals surface area contributed by atoms with Crippen LogP contribution >= 0.6 is 0 Å². The molecule has 0 radical (unpaired) electrons. The molecule has 25 heavy (non-hydrogen) atoms. The summed E-state index contributed by atoms with van der Waals surface area (Å²) in [5.74, 6) is -3.27. The topological polar surface area (TPSA) is 70.4 Å². The molecule has 5 nitrogen and oxygen atoms in total. The third kappa shape index (κ3) is 2.97. The first-order valence-corrected chi connectivity index (χ1v) is 8.63. The highest BCUT2D eigenvalue weighted by Crippen LogP contribution is 2.37. The van der Waals surface area contributed by atoms with Crippen LogP contribution in [-0.2, 0) is 0 Å². The molecule has 1 aromatic carbocycles. The van der Waals surface area contributed by atoms with E-state index in [-0.39, 0.29) is 41.7 Å². The summed E-state index contributed by atoms with van der Waals surface area (Å²) in [6, 6.07) is 1.58. The maximum absolute atomic E-state index is 14.1. The second-order valence-corrected chi connectivity index (χ2v) is 7.31. The second-order valence-electron chi connectivity index (χ2n) is 7.31. The first-order valence-electron chi connectivity index (χ1n) is 8.63. The Hall–Kier alpha value is -1.80. The van der Waals surface area contributed by atoms with Crippen LogP contribution in [0.5, 0.6) is 0 Å². The van der Waals surface area contributed by atoms with E-state index in [0.29, 0.717) is 18.9 Å². The number of nitrogens with one attached hydrogen (secondary N) is 2. The minimum absolute atomic E-state index is 0.116. The van der Waals surface area contributed by atoms with Crippen LogP contribution in [0.1, 0.15) is 30.7 Å². The lowest BCUT2D eigenvalue weighted by Crippen LogP contribution is -2.47. The van der Waals surface area contributed by atoms with Gasteiger partial charge >= 0.3 is 6.03 Å². The van der Waals surface area contributed by atoms with Crippen molar-refractivity contribution < 1.29 is 18.0 Å². The number of hydrogen-bond donors (Lipinski definition) is 3. The van der Waals surface area contributed by atoms with Crippen molar-refractivity contribution in [3.8, 4) is 0 Å². The van der Waals surface area contributed by atoms with E-state index in [9.17, 15) is 18.0 Å². The molecular weight excluding hydrogens is 333 g/mol. The van der Waals surface area contributed by atoms with Gasteiger partial charge in [0.25, 0.3) is 0 Å². The summed E-state index contributed by atoms with van der Waals surface area (Å²) >= 11 is 0. The summed E-state index contributed by atoms with van der Waals surface area (Å²) in [6.07, 6.45) is 2.10. The smallest absolute Gasteiger partial charge is 0.315 e. The average molecular weight is 354 g/mol. The van der Waals surface area contributed by atoms with Gasteiger partial charge in [0, 0.05) is 37.2 Å². The van der Waals surface area contributed by atoms with Gasteiger partial charge in [-0.15, -0.1) is 0 Å². The van der Waals surface area contributed by atoms with Crippen molar-refractivity contribution in [2.75, 3.05) is 13.1 Å². The molecule has 2 saturated heterocycles. The Bertz CT molecular complexity index is 685. The van der Waals surface area contributed by atoms with Crippen molar-refractivity contribution in [2.45, 2.75) is 49.3 Å². The largest absolute Gasteiger partial charge is 0.332 e. The molecule has 1 aromatic rings. The SMILES string of the molecule is N[C@H]1C[C@@H](N2CC3NC(=O)NC3C2)CC[C@@H]1c1cc(F)c(F)cc1F. The van der Waals surface area contributed by atoms with Gasteiger partial charge in [-0.3, -0.25) is 4.90 Å². The van der Waals surface area contributed by atoms with Crippen molar-refractivity contribution in [3.05, 3.63) is 35.1 Å². The molecule has 8 heteroatoms. The zero-order chi connectivity index (χ0) is 17.7. The summed E-state index contributed by atoms with van der Waals surface area (Å²) in [6.45, 7) is 1.54. The standard InChI is InChI=1S/C17H21F3N4O/c18-11-5-13(20)12(19)4-10(11)9-2-1-8(3-14(9)21)24-6-15-16(7-24)23-17(25)22-15/h4-5,8-9,14-16H,1-3,6-7,21H2,(H2,22,23,25)/t8-,9+,14-,15?,16?/m0/s1. The number of nitrogens with two attached hydrogens (primary N) is 1. The van der Waals surface area contributed by atoms with Crippen molar-refractivity contribution in [1.29, 1.82) is 0 Å². The molecule has 2 aliphatic heterocycles. The molecule has 0 spiro atoms. The molecule has 136 valence electrons. The number of amides is 2. The highest BCUT2D eigenvalue weighted by molar-refractivity contribution is 5.77. The van der Waals surface area contributed by atoms with E-state index >= 15 is 0 Å². The summed E-state index contributed by atoms with van der Waals surface area (Å²) in [4.78, 5) is 13.6. The molecule has 1 saturated carbocycles. The molecule has 3 fully saturated rings. The van der Waals surface area contributed by atoms with Crippen LogP contribution in [0.3, 0.4) is 0 Å². The summed E-state index contributed by atoms with van der Waals surface area (Å²) in [5, 5.41) is 5.80. The van der Waals surface area contributed by atoms with Crippen LogP contribution in [0.15, 0.2) is 12.1 Å². The van der Waals surface area contributed by atoms with Gasteiger partial charge in [-0.1, -0.05) is 0 Å². The Morgan fingerprint density at radius 3 is 2.28 bits per heavy atom. The van der Waals surface area contributed by atoms with Crippen LogP contribution < -0.4 is 16.4 Å². The molecule has 5 atom stereocenters. The molecular formula is C17H21F3N4O. The van der Waals surface area contributed by atoms with Crippen LogP contribution in [0.4, 0.5) is 18.0 Å². The number of benzene rings is 1. The van der Waals surface area contributed by atoms with Gasteiger partial charge in [0.05, 0.1) is 12.1 Å². The van der Waals surface area contributed by atoms with Gasteiger partial charge in [0.1, 0.15) is 5.82 Å². The first kappa shape index (κ1) is 16.7. The number of rotatable bonds is 2. The van der Waals surface area contributed by atoms with Crippen molar-refractivity contribution in [2.24, 2.45) is 5.73 Å². The first-order chi connectivity index (χ1) is 11.9. The number of nitrogens with zero attached hydrogens (tertiary/aromatic N) is 1. The highest BCUT2D eigenvalue weighted by atomic mass is 19.2. The van der Waals surface area contributed by atoms with Gasteiger partial charge in [0.2, 0.25) is 0 Å². The predicted molar refractivity (Wildman–Crippen MR) is 85.5 cm³/mol. The molecule has 2 heterocycles. The van der Waals surface area contributed by atoms with Crippen LogP contribution in [-0.4, -0.2) is 48.2 Å². The van der Waals surface area contributed by atoms with Gasteiger partial charge in [-0.05, 0) is 30.9 Å². The maximum atomic E-state index is 14.1. The fraction of sp³-hybridized carbons (Fsp3) is 0.588. The van der Waals surface area contributed by atoms with E-state index in [1.165, 1.54) is 0 Å². The second kappa shape index (κ2) is 6.17. The summed E-state index contributed by atoms with van der Waals surface area (Å²) in [5.41, 5.74) is 6.43. The lowest BCUT2D eigenvalue weighted by atomic mass is 9.77. The summed E-state index contributed by atoms with van der Waals surface area (Å²) < 4.78 is 40.7. The number of likely N-dealkylation sites (tertiary alicyclic amines) is 1. The molecule has 2 amide bonds. The molecule has 1 aliphatic carbocycles. The van der Waals surface area contributed by atoms with Crippen LogP contribution in [0.25, 0.3) is 0 Å². The number of carbonyl (C=O) groups excluding carboxylic acids is 1. The maximum Gasteiger partial charge on any atom is 0.315 e. The van der Waals surface area contributed by atoms with Crippen molar-refractivity contribution >= 4 is 6.03 Å². The van der Waals surface area contributed by atoms with E-state index in [2.05, 4.69) is 15.5 Å². The molecule has 4 N–H and O–H groups in total. The lowest BCUT2D eigenvalue weighted by molar-refractivity contribution is 0.160. The number of carbonyl (C=O) groups is 1. The number of hydrogen-bond acceptors (Lipinski definition) is 3. The monoisotopic (exact) mass is 354 g/mol. The van der Waals surface area contributed by atoms with Crippen LogP contribution in [0.2, 0.25) is 0 Å². The number of halogens is 3. The summed E-state index contributed by atoms with van der Waals surface area (Å²) in [7, 11) is 0. The van der Waals surface area contributed by atoms with E-state index in [0.717, 1.165) is 25.6 Å². The third-order valence-corrected chi connectivity index (χ3v) is 5.81. The minimum atomic E-state index is -1.18. The van der Waals surface area contributed by atoms with Gasteiger partial charge < -0.3 is 16.4 Å². The minimum Gasteiger partial charge on any atom is -0.332 e. The molecule has 0 aromatic heterocycles. The Morgan fingerprint density at radius 1 is 1.00 bits per heavy atom. The van der Waals surface area contributed by atoms with Crippen molar-refractivity contribution in [3.63, 3.8) is 0 Å². The fourth-order valence-corrected chi connectivity index (χ4v) is 4.53. The molecule has 3 aliphatic rings.